The average Bonchev–Trinajstić information content (AvgIpc) is 3.09. The molecule has 0 unspecified atom stereocenters. The van der Waals surface area contributed by atoms with Crippen LogP contribution < -0.4 is 9.64 Å². The van der Waals surface area contributed by atoms with Crippen molar-refractivity contribution in [2.45, 2.75) is 13.5 Å². The Balaban J connectivity index is 1.77. The third kappa shape index (κ3) is 3.52. The van der Waals surface area contributed by atoms with Crippen molar-refractivity contribution in [2.24, 2.45) is 0 Å². The number of hydrogen-bond donors (Lipinski definition) is 0. The number of rotatable bonds is 3. The summed E-state index contributed by atoms with van der Waals surface area (Å²) in [5.74, 6) is 0.445. The van der Waals surface area contributed by atoms with Gasteiger partial charge in [-0.3, -0.25) is 4.79 Å². The molecule has 8 heteroatoms. The van der Waals surface area contributed by atoms with E-state index in [9.17, 15) is 4.79 Å². The fourth-order valence-electron chi connectivity index (χ4n) is 2.90. The number of ether oxygens (including phenoxy) is 1. The first-order chi connectivity index (χ1) is 12.9. The smallest absolute Gasteiger partial charge is 0.265 e. The minimum absolute atomic E-state index is 0.0437. The van der Waals surface area contributed by atoms with Gasteiger partial charge >= 0.3 is 0 Å². The van der Waals surface area contributed by atoms with Gasteiger partial charge in [-0.15, -0.1) is 11.3 Å². The van der Waals surface area contributed by atoms with E-state index in [1.54, 1.807) is 28.4 Å². The highest BCUT2D eigenvalue weighted by Crippen LogP contribution is 2.39. The molecule has 0 saturated heterocycles. The van der Waals surface area contributed by atoms with E-state index in [2.05, 4.69) is 4.98 Å². The van der Waals surface area contributed by atoms with Gasteiger partial charge < -0.3 is 9.64 Å². The normalized spacial score (nSPS) is 13.5. The number of carbonyl (C=O) groups is 1. The molecule has 3 aromatic rings. The first kappa shape index (κ1) is 18.6. The number of aryl methyl sites for hydroxylation is 1. The number of fused-ring (bicyclic) bond motifs is 1. The lowest BCUT2D eigenvalue weighted by Gasteiger charge is -2.30. The zero-order valence-electron chi connectivity index (χ0n) is 14.1. The summed E-state index contributed by atoms with van der Waals surface area (Å²) in [6, 6.07) is 8.98. The molecule has 27 heavy (non-hydrogen) atoms. The number of aromatic nitrogens is 1. The Morgan fingerprint density at radius 2 is 1.96 bits per heavy atom. The van der Waals surface area contributed by atoms with Crippen molar-refractivity contribution in [2.75, 3.05) is 11.5 Å². The Hall–Kier alpha value is -1.79. The fraction of sp³-hybridized carbons (Fsp3) is 0.158. The molecule has 1 aromatic heterocycles. The van der Waals surface area contributed by atoms with E-state index >= 15 is 0 Å². The van der Waals surface area contributed by atoms with Crippen LogP contribution >= 0.6 is 46.1 Å². The molecule has 4 nitrogen and oxygen atoms in total. The summed E-state index contributed by atoms with van der Waals surface area (Å²) in [5.41, 5.74) is 3.02. The molecule has 0 saturated carbocycles. The van der Waals surface area contributed by atoms with Gasteiger partial charge in [-0.2, -0.15) is 0 Å². The van der Waals surface area contributed by atoms with Gasteiger partial charge in [-0.05, 0) is 37.3 Å². The van der Waals surface area contributed by atoms with Gasteiger partial charge in [0.15, 0.2) is 6.61 Å². The first-order valence-corrected chi connectivity index (χ1v) is 10.1. The molecule has 0 aliphatic carbocycles. The van der Waals surface area contributed by atoms with Crippen LogP contribution in [0.5, 0.6) is 5.75 Å². The van der Waals surface area contributed by atoms with E-state index in [0.29, 0.717) is 32.1 Å². The van der Waals surface area contributed by atoms with Crippen LogP contribution in [0.3, 0.4) is 0 Å². The van der Waals surface area contributed by atoms with Crippen molar-refractivity contribution >= 4 is 57.7 Å². The summed E-state index contributed by atoms with van der Waals surface area (Å²) < 4.78 is 5.58. The molecular formula is C19H13Cl3N2O2S. The maximum Gasteiger partial charge on any atom is 0.265 e. The van der Waals surface area contributed by atoms with E-state index < -0.39 is 0 Å². The highest BCUT2D eigenvalue weighted by molar-refractivity contribution is 7.09. The molecule has 2 aromatic carbocycles. The van der Waals surface area contributed by atoms with Gasteiger partial charge in [0.1, 0.15) is 5.75 Å². The van der Waals surface area contributed by atoms with Crippen molar-refractivity contribution in [1.29, 1.82) is 0 Å². The lowest BCUT2D eigenvalue weighted by Crippen LogP contribution is -2.38. The van der Waals surface area contributed by atoms with Gasteiger partial charge in [0.25, 0.3) is 5.91 Å². The number of nitrogens with zero attached hydrogens (tertiary/aromatic N) is 2. The lowest BCUT2D eigenvalue weighted by atomic mass is 10.1. The van der Waals surface area contributed by atoms with Crippen LogP contribution in [0, 0.1) is 6.92 Å². The molecule has 1 amide bonds. The molecule has 0 spiro atoms. The highest BCUT2D eigenvalue weighted by Gasteiger charge is 2.28. The van der Waals surface area contributed by atoms with Crippen molar-refractivity contribution in [3.63, 3.8) is 0 Å². The Morgan fingerprint density at radius 1 is 1.19 bits per heavy atom. The maximum atomic E-state index is 12.6. The predicted octanol–water partition coefficient (Wildman–Crippen LogP) is 6.00. The minimum atomic E-state index is -0.179. The van der Waals surface area contributed by atoms with Gasteiger partial charge in [-0.25, -0.2) is 4.98 Å². The Labute approximate surface area is 175 Å². The third-order valence-corrected chi connectivity index (χ3v) is 6.24. The van der Waals surface area contributed by atoms with Crippen LogP contribution in [-0.4, -0.2) is 17.5 Å². The number of amides is 1. The number of thiazole rings is 1. The number of carbonyl (C=O) groups excluding carboxylic acids is 1. The van der Waals surface area contributed by atoms with Crippen LogP contribution in [0.1, 0.15) is 10.6 Å². The van der Waals surface area contributed by atoms with Gasteiger partial charge in [0, 0.05) is 21.5 Å². The maximum absolute atomic E-state index is 12.6. The minimum Gasteiger partial charge on any atom is -0.482 e. The summed E-state index contributed by atoms with van der Waals surface area (Å²) in [4.78, 5) is 18.7. The topological polar surface area (TPSA) is 42.4 Å². The van der Waals surface area contributed by atoms with Crippen LogP contribution in [0.4, 0.5) is 5.69 Å². The molecule has 1 aliphatic heterocycles. The lowest BCUT2D eigenvalue weighted by molar-refractivity contribution is -0.121. The van der Waals surface area contributed by atoms with Gasteiger partial charge in [0.2, 0.25) is 0 Å². The van der Waals surface area contributed by atoms with Crippen molar-refractivity contribution in [3.8, 4) is 17.0 Å². The van der Waals surface area contributed by atoms with Crippen molar-refractivity contribution < 1.29 is 9.53 Å². The van der Waals surface area contributed by atoms with Crippen LogP contribution in [0.2, 0.25) is 15.1 Å². The largest absolute Gasteiger partial charge is 0.482 e. The average molecular weight is 440 g/mol. The predicted molar refractivity (Wildman–Crippen MR) is 110 cm³/mol. The zero-order chi connectivity index (χ0) is 19.1. The second-order valence-electron chi connectivity index (χ2n) is 6.02. The number of hydrogen-bond acceptors (Lipinski definition) is 4. The molecule has 0 bridgehead atoms. The summed E-state index contributed by atoms with van der Waals surface area (Å²) in [5, 5.41) is 4.15. The van der Waals surface area contributed by atoms with E-state index in [4.69, 9.17) is 39.5 Å². The summed E-state index contributed by atoms with van der Waals surface area (Å²) in [7, 11) is 0. The third-order valence-electron chi connectivity index (χ3n) is 4.27. The SMILES string of the molecule is Cc1nc(-c2ccc3c(c2)N(Cc2c(Cl)ccc(Cl)c2Cl)C(=O)CO3)cs1. The van der Waals surface area contributed by atoms with Gasteiger partial charge in [0.05, 0.1) is 33.0 Å². The Morgan fingerprint density at radius 3 is 2.70 bits per heavy atom. The van der Waals surface area contributed by atoms with Crippen molar-refractivity contribution in [3.05, 3.63) is 61.4 Å². The monoisotopic (exact) mass is 438 g/mol. The molecule has 0 atom stereocenters. The zero-order valence-corrected chi connectivity index (χ0v) is 17.2. The molecule has 4 rings (SSSR count). The molecule has 1 aliphatic rings. The van der Waals surface area contributed by atoms with Crippen LogP contribution in [0.15, 0.2) is 35.7 Å². The molecule has 138 valence electrons. The summed E-state index contributed by atoms with van der Waals surface area (Å²) >= 11 is 20.3. The second-order valence-corrected chi connectivity index (χ2v) is 8.28. The molecule has 0 fully saturated rings. The molecular weight excluding hydrogens is 427 g/mol. The number of anilines is 1. The molecule has 0 radical (unpaired) electrons. The van der Waals surface area contributed by atoms with E-state index in [1.807, 2.05) is 30.5 Å². The Bertz CT molecular complexity index is 1050. The standard InChI is InChI=1S/C19H13Cl3N2O2S/c1-10-23-15(9-27-10)11-2-5-17-16(6-11)24(18(25)8-26-17)7-12-13(20)3-4-14(21)19(12)22/h2-6,9H,7-8H2,1H3. The second kappa shape index (κ2) is 7.32. The van der Waals surface area contributed by atoms with Gasteiger partial charge in [-0.1, -0.05) is 34.8 Å². The molecule has 0 N–H and O–H groups in total. The number of benzene rings is 2. The van der Waals surface area contributed by atoms with E-state index in [1.165, 1.54) is 0 Å². The van der Waals surface area contributed by atoms with E-state index in [-0.39, 0.29) is 19.1 Å². The fourth-order valence-corrected chi connectivity index (χ4v) is 4.19. The van der Waals surface area contributed by atoms with Crippen LogP contribution in [-0.2, 0) is 11.3 Å². The van der Waals surface area contributed by atoms with Crippen molar-refractivity contribution in [1.82, 2.24) is 4.98 Å². The highest BCUT2D eigenvalue weighted by atomic mass is 35.5. The quantitative estimate of drug-likeness (QED) is 0.470. The molecule has 2 heterocycles. The first-order valence-electron chi connectivity index (χ1n) is 8.06. The van der Waals surface area contributed by atoms with E-state index in [0.717, 1.165) is 16.3 Å². The van der Waals surface area contributed by atoms with Crippen LogP contribution in [0.25, 0.3) is 11.3 Å². The summed E-state index contributed by atoms with van der Waals surface area (Å²) in [6.45, 7) is 2.11. The summed E-state index contributed by atoms with van der Waals surface area (Å²) in [6.07, 6.45) is 0. The Kier molecular flexibility index (Phi) is 5.03. The number of halogens is 3.